The van der Waals surface area contributed by atoms with Crippen molar-refractivity contribution < 1.29 is 4.74 Å². The first-order valence-electron chi connectivity index (χ1n) is 6.51. The molecular weight excluding hydrogens is 236 g/mol. The van der Waals surface area contributed by atoms with Gasteiger partial charge < -0.3 is 10.5 Å². The summed E-state index contributed by atoms with van der Waals surface area (Å²) in [4.78, 5) is 4.23. The second-order valence-corrected chi connectivity index (χ2v) is 5.02. The van der Waals surface area contributed by atoms with Crippen LogP contribution in [0.25, 0.3) is 0 Å². The molecule has 0 amide bonds. The number of pyridine rings is 1. The number of rotatable bonds is 4. The molecule has 1 aromatic heterocycles. The van der Waals surface area contributed by atoms with E-state index in [2.05, 4.69) is 37.0 Å². The summed E-state index contributed by atoms with van der Waals surface area (Å²) in [5.74, 6) is 1.93. The number of aryl methyl sites for hydroxylation is 1. The summed E-state index contributed by atoms with van der Waals surface area (Å²) in [5.41, 5.74) is 8.91. The summed E-state index contributed by atoms with van der Waals surface area (Å²) in [6.07, 6.45) is 0. The van der Waals surface area contributed by atoms with Crippen molar-refractivity contribution in [3.8, 4) is 5.75 Å². The maximum atomic E-state index is 5.85. The lowest BCUT2D eigenvalue weighted by molar-refractivity contribution is 0.299. The van der Waals surface area contributed by atoms with Crippen molar-refractivity contribution in [1.29, 1.82) is 0 Å². The van der Waals surface area contributed by atoms with Crippen LogP contribution in [0.5, 0.6) is 5.75 Å². The summed E-state index contributed by atoms with van der Waals surface area (Å²) < 4.78 is 5.85. The molecule has 0 radical (unpaired) electrons. The standard InChI is InChI=1S/C16H20N2O/c1-11(2)13-8-7-12(3)15(9-13)19-10-14-5-4-6-16(17)18-14/h4-9,11H,10H2,1-3H3,(H2,17,18). The zero-order valence-corrected chi connectivity index (χ0v) is 11.7. The van der Waals surface area contributed by atoms with Gasteiger partial charge in [0.1, 0.15) is 18.2 Å². The van der Waals surface area contributed by atoms with Gasteiger partial charge in [-0.25, -0.2) is 4.98 Å². The van der Waals surface area contributed by atoms with Gasteiger partial charge in [-0.05, 0) is 42.2 Å². The molecule has 100 valence electrons. The topological polar surface area (TPSA) is 48.1 Å². The van der Waals surface area contributed by atoms with Gasteiger partial charge in [0.05, 0.1) is 5.69 Å². The average molecular weight is 256 g/mol. The summed E-state index contributed by atoms with van der Waals surface area (Å²) in [5, 5.41) is 0. The average Bonchev–Trinajstić information content (AvgIpc) is 2.37. The molecule has 0 aliphatic carbocycles. The minimum absolute atomic E-state index is 0.438. The van der Waals surface area contributed by atoms with Crippen molar-refractivity contribution in [3.05, 3.63) is 53.2 Å². The Morgan fingerprint density at radius 1 is 1.21 bits per heavy atom. The number of benzene rings is 1. The van der Waals surface area contributed by atoms with Crippen LogP contribution >= 0.6 is 0 Å². The Morgan fingerprint density at radius 3 is 2.68 bits per heavy atom. The van der Waals surface area contributed by atoms with E-state index in [4.69, 9.17) is 10.5 Å². The van der Waals surface area contributed by atoms with Crippen molar-refractivity contribution in [2.24, 2.45) is 0 Å². The van der Waals surface area contributed by atoms with Crippen LogP contribution in [0.3, 0.4) is 0 Å². The molecule has 0 aliphatic heterocycles. The quantitative estimate of drug-likeness (QED) is 0.907. The van der Waals surface area contributed by atoms with Gasteiger partial charge in [0, 0.05) is 0 Å². The number of nitrogens with zero attached hydrogens (tertiary/aromatic N) is 1. The van der Waals surface area contributed by atoms with Crippen molar-refractivity contribution >= 4 is 5.82 Å². The van der Waals surface area contributed by atoms with Gasteiger partial charge in [-0.3, -0.25) is 0 Å². The smallest absolute Gasteiger partial charge is 0.130 e. The number of hydrogen-bond donors (Lipinski definition) is 1. The van der Waals surface area contributed by atoms with Crippen LogP contribution in [-0.2, 0) is 6.61 Å². The molecule has 0 saturated carbocycles. The fourth-order valence-electron chi connectivity index (χ4n) is 1.86. The van der Waals surface area contributed by atoms with Crippen molar-refractivity contribution in [2.45, 2.75) is 33.3 Å². The van der Waals surface area contributed by atoms with Gasteiger partial charge in [0.2, 0.25) is 0 Å². The summed E-state index contributed by atoms with van der Waals surface area (Å²) >= 11 is 0. The van der Waals surface area contributed by atoms with Crippen LogP contribution in [0.4, 0.5) is 5.82 Å². The first-order valence-corrected chi connectivity index (χ1v) is 6.51. The fraction of sp³-hybridized carbons (Fsp3) is 0.312. The van der Waals surface area contributed by atoms with E-state index in [0.717, 1.165) is 17.0 Å². The van der Waals surface area contributed by atoms with Gasteiger partial charge in [0.15, 0.2) is 0 Å². The van der Waals surface area contributed by atoms with Gasteiger partial charge in [-0.15, -0.1) is 0 Å². The molecule has 2 rings (SSSR count). The highest BCUT2D eigenvalue weighted by atomic mass is 16.5. The first kappa shape index (κ1) is 13.4. The SMILES string of the molecule is Cc1ccc(C(C)C)cc1OCc1cccc(N)n1. The number of hydrogen-bond acceptors (Lipinski definition) is 3. The van der Waals surface area contributed by atoms with Crippen LogP contribution in [-0.4, -0.2) is 4.98 Å². The van der Waals surface area contributed by atoms with Crippen LogP contribution in [0, 0.1) is 6.92 Å². The molecule has 1 heterocycles. The third-order valence-corrected chi connectivity index (χ3v) is 3.08. The summed E-state index contributed by atoms with van der Waals surface area (Å²) in [6, 6.07) is 11.9. The van der Waals surface area contributed by atoms with Crippen molar-refractivity contribution in [1.82, 2.24) is 4.98 Å². The number of aromatic nitrogens is 1. The normalized spacial score (nSPS) is 10.7. The Bertz CT molecular complexity index is 564. The molecule has 0 spiro atoms. The Kier molecular flexibility index (Phi) is 4.05. The fourth-order valence-corrected chi connectivity index (χ4v) is 1.86. The number of nitrogens with two attached hydrogens (primary N) is 1. The van der Waals surface area contributed by atoms with E-state index in [1.54, 1.807) is 6.07 Å². The van der Waals surface area contributed by atoms with E-state index in [0.29, 0.717) is 18.3 Å². The number of anilines is 1. The van der Waals surface area contributed by atoms with E-state index in [-0.39, 0.29) is 0 Å². The Hall–Kier alpha value is -2.03. The predicted molar refractivity (Wildman–Crippen MR) is 78.2 cm³/mol. The highest BCUT2D eigenvalue weighted by molar-refractivity contribution is 5.38. The maximum absolute atomic E-state index is 5.85. The zero-order valence-electron chi connectivity index (χ0n) is 11.7. The molecule has 0 aliphatic rings. The van der Waals surface area contributed by atoms with E-state index < -0.39 is 0 Å². The monoisotopic (exact) mass is 256 g/mol. The van der Waals surface area contributed by atoms with Gasteiger partial charge in [0.25, 0.3) is 0 Å². The van der Waals surface area contributed by atoms with E-state index in [1.807, 2.05) is 19.1 Å². The third-order valence-electron chi connectivity index (χ3n) is 3.08. The van der Waals surface area contributed by atoms with Crippen LogP contribution < -0.4 is 10.5 Å². The molecular formula is C16H20N2O. The molecule has 2 aromatic rings. The van der Waals surface area contributed by atoms with E-state index in [9.17, 15) is 0 Å². The van der Waals surface area contributed by atoms with Crippen LogP contribution in [0.2, 0.25) is 0 Å². The predicted octanol–water partition coefficient (Wildman–Crippen LogP) is 3.67. The Labute approximate surface area is 114 Å². The molecule has 19 heavy (non-hydrogen) atoms. The molecule has 3 heteroatoms. The minimum Gasteiger partial charge on any atom is -0.487 e. The van der Waals surface area contributed by atoms with E-state index >= 15 is 0 Å². The molecule has 2 N–H and O–H groups in total. The van der Waals surface area contributed by atoms with Crippen LogP contribution in [0.1, 0.15) is 36.6 Å². The molecule has 1 aromatic carbocycles. The van der Waals surface area contributed by atoms with Gasteiger partial charge in [-0.2, -0.15) is 0 Å². The lowest BCUT2D eigenvalue weighted by Crippen LogP contribution is -2.02. The molecule has 0 fully saturated rings. The first-order chi connectivity index (χ1) is 9.06. The molecule has 0 bridgehead atoms. The lowest BCUT2D eigenvalue weighted by atomic mass is 10.0. The van der Waals surface area contributed by atoms with Crippen LogP contribution in [0.15, 0.2) is 36.4 Å². The molecule has 0 unspecified atom stereocenters. The number of nitrogen functional groups attached to an aromatic ring is 1. The van der Waals surface area contributed by atoms with Gasteiger partial charge >= 0.3 is 0 Å². The minimum atomic E-state index is 0.438. The second kappa shape index (κ2) is 5.74. The summed E-state index contributed by atoms with van der Waals surface area (Å²) in [6.45, 7) is 6.83. The molecule has 0 saturated heterocycles. The second-order valence-electron chi connectivity index (χ2n) is 5.02. The highest BCUT2D eigenvalue weighted by Crippen LogP contribution is 2.24. The Balaban J connectivity index is 2.12. The highest BCUT2D eigenvalue weighted by Gasteiger charge is 2.05. The van der Waals surface area contributed by atoms with Crippen molar-refractivity contribution in [2.75, 3.05) is 5.73 Å². The Morgan fingerprint density at radius 2 is 2.00 bits per heavy atom. The third kappa shape index (κ3) is 3.47. The van der Waals surface area contributed by atoms with E-state index in [1.165, 1.54) is 5.56 Å². The molecule has 0 atom stereocenters. The lowest BCUT2D eigenvalue weighted by Gasteiger charge is -2.12. The number of ether oxygens (including phenoxy) is 1. The maximum Gasteiger partial charge on any atom is 0.130 e. The molecule has 3 nitrogen and oxygen atoms in total. The summed E-state index contributed by atoms with van der Waals surface area (Å²) in [7, 11) is 0. The van der Waals surface area contributed by atoms with Gasteiger partial charge in [-0.1, -0.05) is 32.0 Å². The van der Waals surface area contributed by atoms with Crippen molar-refractivity contribution in [3.63, 3.8) is 0 Å². The zero-order chi connectivity index (χ0) is 13.8. The largest absolute Gasteiger partial charge is 0.487 e.